The molecule has 1 aromatic rings. The van der Waals surface area contributed by atoms with Gasteiger partial charge in [-0.25, -0.2) is 4.99 Å². The number of hydrogen-bond acceptors (Lipinski definition) is 1. The van der Waals surface area contributed by atoms with E-state index in [0.29, 0.717) is 11.8 Å². The van der Waals surface area contributed by atoms with E-state index in [-0.39, 0.29) is 5.92 Å². The van der Waals surface area contributed by atoms with E-state index in [9.17, 15) is 0 Å². The highest BCUT2D eigenvalue weighted by Crippen LogP contribution is 2.29. The molecule has 0 radical (unpaired) electrons. The van der Waals surface area contributed by atoms with E-state index in [2.05, 4.69) is 63.5 Å². The van der Waals surface area contributed by atoms with Gasteiger partial charge in [-0.3, -0.25) is 5.41 Å². The molecule has 2 heteroatoms. The van der Waals surface area contributed by atoms with Crippen molar-refractivity contribution in [2.45, 2.75) is 47.0 Å². The van der Waals surface area contributed by atoms with Gasteiger partial charge in [0.1, 0.15) is 5.84 Å². The number of rotatable bonds is 7. The Morgan fingerprint density at radius 1 is 1.25 bits per heavy atom. The molecule has 0 saturated heterocycles. The maximum atomic E-state index is 8.27. The monoisotopic (exact) mass is 322 g/mol. The number of amidine groups is 1. The van der Waals surface area contributed by atoms with E-state index in [4.69, 9.17) is 5.41 Å². The molecule has 2 nitrogen and oxygen atoms in total. The van der Waals surface area contributed by atoms with Crippen LogP contribution in [0, 0.1) is 11.3 Å². The fourth-order valence-corrected chi connectivity index (χ4v) is 2.73. The molecular weight excluding hydrogens is 292 g/mol. The van der Waals surface area contributed by atoms with Gasteiger partial charge in [0.05, 0.1) is 5.92 Å². The molecule has 24 heavy (non-hydrogen) atoms. The summed E-state index contributed by atoms with van der Waals surface area (Å²) >= 11 is 0. The Hall–Kier alpha value is -2.22. The fraction of sp³-hybridized carbons (Fsp3) is 0.364. The molecule has 0 amide bonds. The number of nitrogens with one attached hydrogen (secondary N) is 1. The number of benzene rings is 1. The summed E-state index contributed by atoms with van der Waals surface area (Å²) in [5.74, 6) is 0.712. The van der Waals surface area contributed by atoms with Crippen LogP contribution in [-0.4, -0.2) is 12.1 Å². The van der Waals surface area contributed by atoms with Gasteiger partial charge in [0.2, 0.25) is 0 Å². The molecule has 0 fully saturated rings. The minimum atomic E-state index is -0.152. The summed E-state index contributed by atoms with van der Waals surface area (Å²) in [5.41, 5.74) is 4.95. The third-order valence-corrected chi connectivity index (χ3v) is 4.27. The molecule has 0 bridgehead atoms. The molecular formula is C22H30N2. The third-order valence-electron chi connectivity index (χ3n) is 4.27. The van der Waals surface area contributed by atoms with Crippen LogP contribution in [0.15, 0.2) is 59.6 Å². The highest BCUT2D eigenvalue weighted by molar-refractivity contribution is 5.95. The van der Waals surface area contributed by atoms with Crippen molar-refractivity contribution in [2.24, 2.45) is 10.9 Å². The van der Waals surface area contributed by atoms with Gasteiger partial charge in [0, 0.05) is 6.21 Å². The zero-order valence-electron chi connectivity index (χ0n) is 15.6. The highest BCUT2D eigenvalue weighted by Gasteiger charge is 2.17. The van der Waals surface area contributed by atoms with Crippen molar-refractivity contribution in [3.05, 3.63) is 65.8 Å². The van der Waals surface area contributed by atoms with Crippen molar-refractivity contribution in [3.8, 4) is 0 Å². The molecule has 0 spiro atoms. The third kappa shape index (κ3) is 5.16. The lowest BCUT2D eigenvalue weighted by molar-refractivity contribution is 0.866. The van der Waals surface area contributed by atoms with Gasteiger partial charge in [-0.1, -0.05) is 62.8 Å². The molecule has 1 aromatic carbocycles. The molecule has 0 saturated carbocycles. The first kappa shape index (κ1) is 19.8. The van der Waals surface area contributed by atoms with Crippen LogP contribution in [0.5, 0.6) is 0 Å². The van der Waals surface area contributed by atoms with Gasteiger partial charge in [0.15, 0.2) is 0 Å². The Labute approximate surface area is 147 Å². The fourth-order valence-electron chi connectivity index (χ4n) is 2.73. The van der Waals surface area contributed by atoms with Crippen LogP contribution >= 0.6 is 0 Å². The summed E-state index contributed by atoms with van der Waals surface area (Å²) in [5, 5.41) is 8.27. The van der Waals surface area contributed by atoms with Gasteiger partial charge >= 0.3 is 0 Å². The Bertz CT molecular complexity index is 643. The second-order valence-electron chi connectivity index (χ2n) is 6.18. The minimum Gasteiger partial charge on any atom is -0.286 e. The molecule has 0 aliphatic heterocycles. The van der Waals surface area contributed by atoms with E-state index in [1.807, 2.05) is 25.2 Å². The van der Waals surface area contributed by atoms with Crippen molar-refractivity contribution < 1.29 is 0 Å². The minimum absolute atomic E-state index is 0.152. The lowest BCUT2D eigenvalue weighted by Gasteiger charge is -2.18. The van der Waals surface area contributed by atoms with E-state index in [1.54, 1.807) is 6.21 Å². The summed E-state index contributed by atoms with van der Waals surface area (Å²) in [7, 11) is 0. The number of hydrogen-bond donors (Lipinski definition) is 1. The van der Waals surface area contributed by atoms with Crippen molar-refractivity contribution in [2.75, 3.05) is 0 Å². The summed E-state index contributed by atoms with van der Waals surface area (Å²) in [6, 6.07) is 8.73. The van der Waals surface area contributed by atoms with Crippen LogP contribution in [0.25, 0.3) is 5.57 Å². The first-order valence-electron chi connectivity index (χ1n) is 8.62. The van der Waals surface area contributed by atoms with Gasteiger partial charge in [-0.15, -0.1) is 6.58 Å². The Kier molecular flexibility index (Phi) is 8.11. The maximum absolute atomic E-state index is 8.27. The lowest BCUT2D eigenvalue weighted by atomic mass is 9.88. The van der Waals surface area contributed by atoms with Crippen LogP contribution in [0.3, 0.4) is 0 Å². The predicted molar refractivity (Wildman–Crippen MR) is 108 cm³/mol. The summed E-state index contributed by atoms with van der Waals surface area (Å²) in [4.78, 5) is 4.23. The van der Waals surface area contributed by atoms with Gasteiger partial charge in [-0.05, 0) is 49.0 Å². The molecule has 0 aromatic heterocycles. The van der Waals surface area contributed by atoms with E-state index < -0.39 is 0 Å². The molecule has 128 valence electrons. The maximum Gasteiger partial charge on any atom is 0.131 e. The van der Waals surface area contributed by atoms with Crippen molar-refractivity contribution in [3.63, 3.8) is 0 Å². The van der Waals surface area contributed by atoms with E-state index >= 15 is 0 Å². The van der Waals surface area contributed by atoms with Crippen molar-refractivity contribution in [1.82, 2.24) is 0 Å². The first-order valence-corrected chi connectivity index (χ1v) is 8.62. The van der Waals surface area contributed by atoms with Crippen LogP contribution in [0.2, 0.25) is 0 Å². The SMILES string of the molecule is C=CC(C(=N)N=C/C=C\C)/C(CC)=C(\C)c1ccc(C(C)C)cc1. The van der Waals surface area contributed by atoms with Crippen molar-refractivity contribution in [1.29, 1.82) is 5.41 Å². The smallest absolute Gasteiger partial charge is 0.131 e. The second-order valence-corrected chi connectivity index (χ2v) is 6.18. The molecule has 1 unspecified atom stereocenters. The number of aliphatic imine (C=N–C) groups is 1. The van der Waals surface area contributed by atoms with Crippen LogP contribution in [0.1, 0.15) is 58.1 Å². The molecule has 1 atom stereocenters. The molecule has 0 aliphatic carbocycles. The normalized spacial score (nSPS) is 14.2. The highest BCUT2D eigenvalue weighted by atomic mass is 14.8. The van der Waals surface area contributed by atoms with E-state index in [1.165, 1.54) is 22.3 Å². The number of allylic oxidation sites excluding steroid dienone is 3. The van der Waals surface area contributed by atoms with Crippen LogP contribution in [0.4, 0.5) is 0 Å². The largest absolute Gasteiger partial charge is 0.286 e. The second kappa shape index (κ2) is 9.82. The average Bonchev–Trinajstić information content (AvgIpc) is 2.59. The van der Waals surface area contributed by atoms with Gasteiger partial charge in [0.25, 0.3) is 0 Å². The lowest BCUT2D eigenvalue weighted by Crippen LogP contribution is -2.13. The van der Waals surface area contributed by atoms with Gasteiger partial charge in [-0.2, -0.15) is 0 Å². The summed E-state index contributed by atoms with van der Waals surface area (Å²) in [6.45, 7) is 14.5. The Morgan fingerprint density at radius 2 is 1.88 bits per heavy atom. The summed E-state index contributed by atoms with van der Waals surface area (Å²) in [6.07, 6.45) is 8.09. The standard InChI is InChI=1S/C22H30N2/c1-7-10-15-24-22(23)21(9-3)20(8-2)17(6)19-13-11-18(12-14-19)16(4)5/h7,9-16,21,23H,3,8H2,1-2,4-6H3/b10-7-,20-17+,23-22?,24-15?. The zero-order chi connectivity index (χ0) is 18.1. The summed E-state index contributed by atoms with van der Waals surface area (Å²) < 4.78 is 0. The zero-order valence-corrected chi connectivity index (χ0v) is 15.6. The topological polar surface area (TPSA) is 36.2 Å². The van der Waals surface area contributed by atoms with Crippen LogP contribution in [-0.2, 0) is 0 Å². The molecule has 0 heterocycles. The average molecular weight is 322 g/mol. The van der Waals surface area contributed by atoms with E-state index in [0.717, 1.165) is 6.42 Å². The molecule has 1 rings (SSSR count). The Morgan fingerprint density at radius 3 is 2.33 bits per heavy atom. The molecule has 1 N–H and O–H groups in total. The number of nitrogens with zero attached hydrogens (tertiary/aromatic N) is 1. The molecule has 0 aliphatic rings. The predicted octanol–water partition coefficient (Wildman–Crippen LogP) is 6.42. The van der Waals surface area contributed by atoms with Crippen LogP contribution < -0.4 is 0 Å². The Balaban J connectivity index is 3.20. The first-order chi connectivity index (χ1) is 11.5. The van der Waals surface area contributed by atoms with Gasteiger partial charge < -0.3 is 0 Å². The quantitative estimate of drug-likeness (QED) is 0.341. The van der Waals surface area contributed by atoms with Crippen molar-refractivity contribution >= 4 is 17.6 Å².